The van der Waals surface area contributed by atoms with E-state index in [1.54, 1.807) is 19.1 Å². The minimum atomic E-state index is -0.723. The van der Waals surface area contributed by atoms with E-state index in [4.69, 9.17) is 9.47 Å². The van der Waals surface area contributed by atoms with E-state index < -0.39 is 12.1 Å². The molecule has 0 saturated heterocycles. The van der Waals surface area contributed by atoms with Gasteiger partial charge in [-0.15, -0.1) is 0 Å². The first kappa shape index (κ1) is 14.8. The fraction of sp³-hybridized carbons (Fsp3) is 0.267. The summed E-state index contributed by atoms with van der Waals surface area (Å²) in [5.41, 5.74) is 1.43. The van der Waals surface area contributed by atoms with Gasteiger partial charge in [-0.3, -0.25) is 4.79 Å². The Morgan fingerprint density at radius 3 is 2.81 bits per heavy atom. The highest BCUT2D eigenvalue weighted by molar-refractivity contribution is 5.87. The average Bonchev–Trinajstić information content (AvgIpc) is 2.46. The maximum Gasteiger partial charge on any atom is 0.413 e. The van der Waals surface area contributed by atoms with Gasteiger partial charge in [-0.1, -0.05) is 18.2 Å². The molecule has 110 valence electrons. The molecule has 1 amide bonds. The number of ether oxygens (including phenoxy) is 2. The van der Waals surface area contributed by atoms with E-state index >= 15 is 0 Å². The molecule has 6 heteroatoms. The van der Waals surface area contributed by atoms with Gasteiger partial charge in [0.25, 0.3) is 0 Å². The van der Waals surface area contributed by atoms with Crippen molar-refractivity contribution in [2.45, 2.75) is 13.8 Å². The topological polar surface area (TPSA) is 77.5 Å². The van der Waals surface area contributed by atoms with E-state index in [-0.39, 0.29) is 13.2 Å². The number of carbonyl (C=O) groups is 2. The molecule has 0 aliphatic carbocycles. The van der Waals surface area contributed by atoms with E-state index in [1.165, 1.54) is 0 Å². The van der Waals surface area contributed by atoms with Crippen LogP contribution in [-0.4, -0.2) is 30.2 Å². The lowest BCUT2D eigenvalue weighted by atomic mass is 10.2. The van der Waals surface area contributed by atoms with Gasteiger partial charge in [0.15, 0.2) is 5.75 Å². The summed E-state index contributed by atoms with van der Waals surface area (Å²) in [5, 5.41) is 3.20. The second kappa shape index (κ2) is 6.69. The van der Waals surface area contributed by atoms with Gasteiger partial charge in [0.1, 0.15) is 12.1 Å². The molecule has 0 aliphatic rings. The van der Waals surface area contributed by atoms with E-state index in [1.807, 2.05) is 25.1 Å². The molecule has 1 N–H and O–H groups in total. The number of carbonyl (C=O) groups excluding carboxylic acids is 2. The first-order chi connectivity index (χ1) is 10.1. The number of aromatic nitrogens is 1. The Morgan fingerprint density at radius 2 is 2.05 bits per heavy atom. The summed E-state index contributed by atoms with van der Waals surface area (Å²) in [5.74, 6) is -0.168. The molecule has 2 rings (SSSR count). The van der Waals surface area contributed by atoms with Crippen LogP contribution in [-0.2, 0) is 9.53 Å². The van der Waals surface area contributed by atoms with Gasteiger partial charge in [-0.2, -0.15) is 0 Å². The molecule has 1 aromatic carbocycles. The molecule has 0 bridgehead atoms. The van der Waals surface area contributed by atoms with Crippen LogP contribution < -0.4 is 10.1 Å². The SMILES string of the molecule is CCOC(=O)CNC(=O)Oc1cccc2ccc(C)nc12. The lowest BCUT2D eigenvalue weighted by molar-refractivity contribution is -0.141. The quantitative estimate of drug-likeness (QED) is 0.873. The zero-order valence-electron chi connectivity index (χ0n) is 11.9. The van der Waals surface area contributed by atoms with Crippen LogP contribution in [0.4, 0.5) is 4.79 Å². The monoisotopic (exact) mass is 288 g/mol. The number of nitrogens with zero attached hydrogens (tertiary/aromatic N) is 1. The third-order valence-corrected chi connectivity index (χ3v) is 2.71. The summed E-state index contributed by atoms with van der Waals surface area (Å²) < 4.78 is 9.90. The third kappa shape index (κ3) is 3.92. The Balaban J connectivity index is 2.07. The van der Waals surface area contributed by atoms with Gasteiger partial charge in [0.2, 0.25) is 0 Å². The Labute approximate surface area is 122 Å². The standard InChI is InChI=1S/C15H16N2O4/c1-3-20-13(18)9-16-15(19)21-12-6-4-5-11-8-7-10(2)17-14(11)12/h4-8H,3,9H2,1-2H3,(H,16,19). The number of pyridine rings is 1. The van der Waals surface area contributed by atoms with Crippen LogP contribution in [0.25, 0.3) is 10.9 Å². The summed E-state index contributed by atoms with van der Waals surface area (Å²) in [6.07, 6.45) is -0.723. The van der Waals surface area contributed by atoms with Crippen LogP contribution >= 0.6 is 0 Å². The number of nitrogens with one attached hydrogen (secondary N) is 1. The lowest BCUT2D eigenvalue weighted by Crippen LogP contribution is -2.32. The normalized spacial score (nSPS) is 10.2. The van der Waals surface area contributed by atoms with E-state index in [9.17, 15) is 9.59 Å². The molecular weight excluding hydrogens is 272 g/mol. The first-order valence-electron chi connectivity index (χ1n) is 6.58. The summed E-state index contributed by atoms with van der Waals surface area (Å²) in [6, 6.07) is 9.09. The van der Waals surface area contributed by atoms with Crippen molar-refractivity contribution in [2.24, 2.45) is 0 Å². The molecule has 1 heterocycles. The Morgan fingerprint density at radius 1 is 1.24 bits per heavy atom. The summed E-state index contributed by atoms with van der Waals surface area (Å²) >= 11 is 0. The van der Waals surface area contributed by atoms with Gasteiger partial charge < -0.3 is 14.8 Å². The van der Waals surface area contributed by atoms with Crippen molar-refractivity contribution >= 4 is 23.0 Å². The predicted octanol–water partition coefficient (Wildman–Crippen LogP) is 2.19. The molecular formula is C15H16N2O4. The summed E-state index contributed by atoms with van der Waals surface area (Å²) in [4.78, 5) is 27.2. The van der Waals surface area contributed by atoms with Crippen LogP contribution in [0.2, 0.25) is 0 Å². The van der Waals surface area contributed by atoms with Crippen molar-refractivity contribution in [2.75, 3.05) is 13.2 Å². The van der Waals surface area contributed by atoms with Crippen molar-refractivity contribution in [1.82, 2.24) is 10.3 Å². The van der Waals surface area contributed by atoms with Gasteiger partial charge >= 0.3 is 12.1 Å². The van der Waals surface area contributed by atoms with Crippen molar-refractivity contribution < 1.29 is 19.1 Å². The highest BCUT2D eigenvalue weighted by atomic mass is 16.6. The van der Waals surface area contributed by atoms with Gasteiger partial charge in [0, 0.05) is 11.1 Å². The molecule has 0 saturated carbocycles. The fourth-order valence-corrected chi connectivity index (χ4v) is 1.79. The summed E-state index contributed by atoms with van der Waals surface area (Å²) in [6.45, 7) is 3.59. The molecule has 2 aromatic rings. The second-order valence-corrected chi connectivity index (χ2v) is 4.33. The molecule has 0 radical (unpaired) electrons. The number of fused-ring (bicyclic) bond motifs is 1. The van der Waals surface area contributed by atoms with Gasteiger partial charge in [-0.25, -0.2) is 9.78 Å². The second-order valence-electron chi connectivity index (χ2n) is 4.33. The molecule has 1 aromatic heterocycles. The van der Waals surface area contributed by atoms with Crippen LogP contribution in [0.15, 0.2) is 30.3 Å². The van der Waals surface area contributed by atoms with Gasteiger partial charge in [0.05, 0.1) is 6.61 Å². The first-order valence-corrected chi connectivity index (χ1v) is 6.58. The largest absolute Gasteiger partial charge is 0.465 e. The Hall–Kier alpha value is -2.63. The number of aryl methyl sites for hydroxylation is 1. The highest BCUT2D eigenvalue weighted by Crippen LogP contribution is 2.23. The molecule has 0 spiro atoms. The maximum atomic E-state index is 11.7. The maximum absolute atomic E-state index is 11.7. The Bertz CT molecular complexity index is 670. The molecule has 0 aliphatic heterocycles. The predicted molar refractivity (Wildman–Crippen MR) is 77.1 cm³/mol. The summed E-state index contributed by atoms with van der Waals surface area (Å²) in [7, 11) is 0. The van der Waals surface area contributed by atoms with Gasteiger partial charge in [-0.05, 0) is 26.0 Å². The van der Waals surface area contributed by atoms with Crippen LogP contribution in [0.1, 0.15) is 12.6 Å². The number of benzene rings is 1. The van der Waals surface area contributed by atoms with Crippen molar-refractivity contribution in [3.63, 3.8) is 0 Å². The van der Waals surface area contributed by atoms with E-state index in [0.29, 0.717) is 11.3 Å². The fourth-order valence-electron chi connectivity index (χ4n) is 1.79. The molecule has 0 fully saturated rings. The van der Waals surface area contributed by atoms with E-state index in [2.05, 4.69) is 10.3 Å². The highest BCUT2D eigenvalue weighted by Gasteiger charge is 2.11. The number of hydrogen-bond donors (Lipinski definition) is 1. The number of esters is 1. The smallest absolute Gasteiger partial charge is 0.413 e. The minimum Gasteiger partial charge on any atom is -0.465 e. The van der Waals surface area contributed by atoms with Crippen molar-refractivity contribution in [3.05, 3.63) is 36.0 Å². The number of para-hydroxylation sites is 1. The van der Waals surface area contributed by atoms with Crippen molar-refractivity contribution in [1.29, 1.82) is 0 Å². The molecule has 0 unspecified atom stereocenters. The number of hydrogen-bond acceptors (Lipinski definition) is 5. The van der Waals surface area contributed by atoms with Crippen LogP contribution in [0.3, 0.4) is 0 Å². The average molecular weight is 288 g/mol. The lowest BCUT2D eigenvalue weighted by Gasteiger charge is -2.08. The van der Waals surface area contributed by atoms with E-state index in [0.717, 1.165) is 11.1 Å². The Kier molecular flexibility index (Phi) is 4.71. The molecule has 6 nitrogen and oxygen atoms in total. The zero-order chi connectivity index (χ0) is 15.2. The van der Waals surface area contributed by atoms with Crippen LogP contribution in [0.5, 0.6) is 5.75 Å². The minimum absolute atomic E-state index is 0.232. The molecule has 21 heavy (non-hydrogen) atoms. The van der Waals surface area contributed by atoms with Crippen LogP contribution in [0, 0.1) is 6.92 Å². The third-order valence-electron chi connectivity index (χ3n) is 2.71. The molecule has 0 atom stereocenters. The number of rotatable bonds is 4. The number of amides is 1. The van der Waals surface area contributed by atoms with Crippen molar-refractivity contribution in [3.8, 4) is 5.75 Å². The zero-order valence-corrected chi connectivity index (χ0v) is 11.9.